The molecule has 7 nitrogen and oxygen atoms in total. The number of hydrogen-bond acceptors (Lipinski definition) is 5. The lowest BCUT2D eigenvalue weighted by Crippen LogP contribution is -2.70. The van der Waals surface area contributed by atoms with Gasteiger partial charge in [0.05, 0.1) is 0 Å². The molecule has 0 aromatic rings. The minimum atomic E-state index is -1.52. The molecule has 1 heterocycles. The fourth-order valence-electron chi connectivity index (χ4n) is 5.60. The Balaban J connectivity index is 2.06. The van der Waals surface area contributed by atoms with Crippen molar-refractivity contribution < 1.29 is 24.2 Å². The van der Waals surface area contributed by atoms with E-state index < -0.39 is 29.0 Å². The normalized spacial score (nSPS) is 34.2. The summed E-state index contributed by atoms with van der Waals surface area (Å²) in [5.74, 6) is -0.639. The molecule has 7 heteroatoms. The molecule has 0 spiro atoms. The monoisotopic (exact) mass is 364 g/mol. The average Bonchev–Trinajstić information content (AvgIpc) is 3.11. The molecule has 0 radical (unpaired) electrons. The molecule has 6 atom stereocenters. The lowest BCUT2D eigenvalue weighted by molar-refractivity contribution is -0.170. The zero-order valence-electron chi connectivity index (χ0n) is 15.8. The first-order valence-corrected chi connectivity index (χ1v) is 9.15. The zero-order chi connectivity index (χ0) is 19.4. The molecule has 1 saturated heterocycles. The number of nitrogens with one attached hydrogen (secondary N) is 2. The molecular weight excluding hydrogens is 336 g/mol. The van der Waals surface area contributed by atoms with Crippen molar-refractivity contribution in [1.82, 2.24) is 10.6 Å². The van der Waals surface area contributed by atoms with Crippen LogP contribution in [0.5, 0.6) is 0 Å². The Hall–Kier alpha value is -1.89. The fourth-order valence-corrected chi connectivity index (χ4v) is 5.60. The van der Waals surface area contributed by atoms with E-state index in [1.165, 1.54) is 6.92 Å². The Bertz CT molecular complexity index is 665. The van der Waals surface area contributed by atoms with Crippen LogP contribution in [0.15, 0.2) is 12.2 Å². The molecule has 0 aromatic heterocycles. The number of hydrogen-bond donors (Lipinski definition) is 3. The fraction of sp³-hybridized carbons (Fsp3) is 0.737. The second kappa shape index (κ2) is 6.08. The molecule has 2 saturated carbocycles. The van der Waals surface area contributed by atoms with E-state index in [4.69, 9.17) is 4.74 Å². The van der Waals surface area contributed by atoms with Crippen molar-refractivity contribution in [3.05, 3.63) is 12.2 Å². The highest BCUT2D eigenvalue weighted by Gasteiger charge is 2.68. The topological polar surface area (TPSA) is 105 Å². The molecule has 3 fully saturated rings. The summed E-state index contributed by atoms with van der Waals surface area (Å²) >= 11 is 0. The maximum Gasteiger partial charge on any atom is 0.405 e. The van der Waals surface area contributed by atoms with E-state index >= 15 is 0 Å². The van der Waals surface area contributed by atoms with Crippen LogP contribution in [0.2, 0.25) is 0 Å². The van der Waals surface area contributed by atoms with Crippen LogP contribution in [-0.4, -0.2) is 41.3 Å². The molecule has 144 valence electrons. The highest BCUT2D eigenvalue weighted by Crippen LogP contribution is 2.60. The van der Waals surface area contributed by atoms with Gasteiger partial charge >= 0.3 is 18.0 Å². The predicted octanol–water partition coefficient (Wildman–Crippen LogP) is 1.93. The molecule has 2 bridgehead atoms. The van der Waals surface area contributed by atoms with Crippen LogP contribution in [-0.2, 0) is 14.3 Å². The van der Waals surface area contributed by atoms with Crippen LogP contribution in [0, 0.1) is 29.1 Å². The number of rotatable bonds is 4. The molecule has 3 aliphatic rings. The van der Waals surface area contributed by atoms with E-state index in [2.05, 4.69) is 17.2 Å². The van der Waals surface area contributed by atoms with E-state index in [1.807, 2.05) is 20.8 Å². The number of amides is 1. The molecule has 2 aliphatic carbocycles. The predicted molar refractivity (Wildman–Crippen MR) is 94.2 cm³/mol. The lowest BCUT2D eigenvalue weighted by Gasteiger charge is -2.50. The van der Waals surface area contributed by atoms with Crippen LogP contribution in [0.4, 0.5) is 4.79 Å². The number of carbonyl (C=O) groups is 3. The number of ether oxygens (including phenoxy) is 1. The van der Waals surface area contributed by atoms with Gasteiger partial charge in [-0.15, -0.1) is 0 Å². The molecule has 26 heavy (non-hydrogen) atoms. The molecule has 1 aliphatic heterocycles. The number of esters is 2. The van der Waals surface area contributed by atoms with Crippen LogP contribution >= 0.6 is 0 Å². The van der Waals surface area contributed by atoms with Crippen LogP contribution in [0.3, 0.4) is 0 Å². The maximum atomic E-state index is 13.3. The zero-order valence-corrected chi connectivity index (χ0v) is 15.8. The molecule has 1 amide bonds. The third-order valence-corrected chi connectivity index (χ3v) is 6.60. The van der Waals surface area contributed by atoms with E-state index in [0.717, 1.165) is 19.4 Å². The van der Waals surface area contributed by atoms with Gasteiger partial charge in [0.2, 0.25) is 0 Å². The average molecular weight is 364 g/mol. The summed E-state index contributed by atoms with van der Waals surface area (Å²) in [5, 5.41) is 15.6. The summed E-state index contributed by atoms with van der Waals surface area (Å²) in [4.78, 5) is 37.0. The van der Waals surface area contributed by atoms with Gasteiger partial charge in [0, 0.05) is 17.5 Å². The minimum Gasteiger partial charge on any atom is -0.465 e. The number of carbonyl (C=O) groups excluding carboxylic acids is 2. The summed E-state index contributed by atoms with van der Waals surface area (Å²) < 4.78 is 5.10. The van der Waals surface area contributed by atoms with Crippen LogP contribution in [0.1, 0.15) is 40.5 Å². The number of fused-ring (bicyclic) bond motifs is 1. The van der Waals surface area contributed by atoms with E-state index in [9.17, 15) is 19.5 Å². The van der Waals surface area contributed by atoms with Crippen molar-refractivity contribution in [1.29, 1.82) is 0 Å². The summed E-state index contributed by atoms with van der Waals surface area (Å²) in [5.41, 5.74) is -2.20. The van der Waals surface area contributed by atoms with E-state index in [0.29, 0.717) is 11.8 Å². The standard InChI is InChI=1S/C19H28N2O5/c1-9(2)15(22)26-16(23)19(18(3,4)5,21-17(24)25)13-10-6-11-8-20-14(13)12(11)7-10/h10-14,20-21H,1,6-8H2,2-5H3,(H,24,25). The van der Waals surface area contributed by atoms with Gasteiger partial charge in [0.15, 0.2) is 5.54 Å². The second-order valence-corrected chi connectivity index (χ2v) is 9.06. The first-order chi connectivity index (χ1) is 12.0. The summed E-state index contributed by atoms with van der Waals surface area (Å²) in [7, 11) is 0. The van der Waals surface area contributed by atoms with Gasteiger partial charge in [-0.3, -0.25) is 0 Å². The van der Waals surface area contributed by atoms with Crippen molar-refractivity contribution in [2.75, 3.05) is 6.54 Å². The Kier molecular flexibility index (Phi) is 4.42. The quantitative estimate of drug-likeness (QED) is 0.400. The van der Waals surface area contributed by atoms with Crippen molar-refractivity contribution in [2.45, 2.75) is 52.1 Å². The molecule has 0 aromatic carbocycles. The van der Waals surface area contributed by atoms with Crippen LogP contribution < -0.4 is 10.6 Å². The highest BCUT2D eigenvalue weighted by atomic mass is 16.6. The SMILES string of the molecule is C=C(C)C(=O)OC(=O)C(NC(=O)O)(C1C2CC3CNC1C3C2)C(C)(C)C. The van der Waals surface area contributed by atoms with Gasteiger partial charge in [-0.05, 0) is 49.5 Å². The Morgan fingerprint density at radius 1 is 1.19 bits per heavy atom. The largest absolute Gasteiger partial charge is 0.465 e. The number of carboxylic acid groups (broad SMARTS) is 1. The summed E-state index contributed by atoms with van der Waals surface area (Å²) in [6, 6.07) is 0.0531. The Labute approximate surface area is 153 Å². The van der Waals surface area contributed by atoms with Gasteiger partial charge in [-0.25, -0.2) is 14.4 Å². The Morgan fingerprint density at radius 3 is 2.38 bits per heavy atom. The maximum absolute atomic E-state index is 13.3. The van der Waals surface area contributed by atoms with Gasteiger partial charge in [-0.1, -0.05) is 27.4 Å². The smallest absolute Gasteiger partial charge is 0.405 e. The third kappa shape index (κ3) is 2.64. The van der Waals surface area contributed by atoms with Crippen molar-refractivity contribution >= 4 is 18.0 Å². The van der Waals surface area contributed by atoms with Gasteiger partial charge in [-0.2, -0.15) is 0 Å². The molecule has 6 unspecified atom stereocenters. The summed E-state index contributed by atoms with van der Waals surface area (Å²) in [6.45, 7) is 11.3. The highest BCUT2D eigenvalue weighted by molar-refractivity contribution is 5.99. The van der Waals surface area contributed by atoms with Crippen molar-refractivity contribution in [3.8, 4) is 0 Å². The van der Waals surface area contributed by atoms with Crippen LogP contribution in [0.25, 0.3) is 0 Å². The van der Waals surface area contributed by atoms with Gasteiger partial charge in [0.1, 0.15) is 0 Å². The first-order valence-electron chi connectivity index (χ1n) is 9.15. The van der Waals surface area contributed by atoms with E-state index in [1.54, 1.807) is 0 Å². The van der Waals surface area contributed by atoms with Gasteiger partial charge in [0.25, 0.3) is 0 Å². The van der Waals surface area contributed by atoms with E-state index in [-0.39, 0.29) is 23.5 Å². The minimum absolute atomic E-state index is 0.0531. The van der Waals surface area contributed by atoms with Gasteiger partial charge < -0.3 is 20.5 Å². The second-order valence-electron chi connectivity index (χ2n) is 9.06. The lowest BCUT2D eigenvalue weighted by atomic mass is 9.60. The molecule has 3 rings (SSSR count). The molecular formula is C19H28N2O5. The Morgan fingerprint density at radius 2 is 1.85 bits per heavy atom. The first kappa shape index (κ1) is 18.9. The van der Waals surface area contributed by atoms with Crippen molar-refractivity contribution in [2.24, 2.45) is 29.1 Å². The molecule has 3 N–H and O–H groups in total. The van der Waals surface area contributed by atoms with Crippen molar-refractivity contribution in [3.63, 3.8) is 0 Å². The summed E-state index contributed by atoms with van der Waals surface area (Å²) in [6.07, 6.45) is 0.657. The third-order valence-electron chi connectivity index (χ3n) is 6.60.